The molecule has 2 nitrogen and oxygen atoms in total. The molecule has 0 aliphatic rings. The van der Waals surface area contributed by atoms with Gasteiger partial charge in [0, 0.05) is 16.7 Å². The largest absolute Gasteiger partial charge is 0.388 e. The summed E-state index contributed by atoms with van der Waals surface area (Å²) < 4.78 is 1.03. The highest BCUT2D eigenvalue weighted by Crippen LogP contribution is 2.25. The molecular formula is C13H20BrNO. The molecular weight excluding hydrogens is 266 g/mol. The van der Waals surface area contributed by atoms with E-state index in [1.165, 1.54) is 5.56 Å². The smallest absolute Gasteiger partial charge is 0.0813 e. The van der Waals surface area contributed by atoms with E-state index in [0.29, 0.717) is 6.54 Å². The number of hydrogen-bond acceptors (Lipinski definition) is 2. The molecule has 16 heavy (non-hydrogen) atoms. The second-order valence-electron chi connectivity index (χ2n) is 4.85. The topological polar surface area (TPSA) is 32.3 Å². The van der Waals surface area contributed by atoms with Crippen LogP contribution in [-0.2, 0) is 0 Å². The monoisotopic (exact) mass is 285 g/mol. The zero-order valence-electron chi connectivity index (χ0n) is 10.3. The molecule has 1 atom stereocenters. The van der Waals surface area contributed by atoms with Crippen molar-refractivity contribution in [3.8, 4) is 0 Å². The quantitative estimate of drug-likeness (QED) is 0.886. The van der Waals surface area contributed by atoms with Crippen LogP contribution in [0, 0.1) is 12.8 Å². The van der Waals surface area contributed by atoms with Gasteiger partial charge in [0.05, 0.1) is 5.60 Å². The second-order valence-corrected chi connectivity index (χ2v) is 5.70. The highest BCUT2D eigenvalue weighted by molar-refractivity contribution is 9.10. The highest BCUT2D eigenvalue weighted by Gasteiger charge is 2.24. The van der Waals surface area contributed by atoms with Crippen molar-refractivity contribution in [2.75, 3.05) is 11.9 Å². The van der Waals surface area contributed by atoms with Crippen LogP contribution in [0.4, 0.5) is 5.69 Å². The first kappa shape index (κ1) is 13.5. The van der Waals surface area contributed by atoms with Crippen LogP contribution in [0.3, 0.4) is 0 Å². The number of halogens is 1. The highest BCUT2D eigenvalue weighted by atomic mass is 79.9. The van der Waals surface area contributed by atoms with Crippen LogP contribution in [0.25, 0.3) is 0 Å². The Morgan fingerprint density at radius 3 is 2.62 bits per heavy atom. The van der Waals surface area contributed by atoms with Crippen molar-refractivity contribution in [3.05, 3.63) is 28.2 Å². The Morgan fingerprint density at radius 2 is 2.06 bits per heavy atom. The number of aryl methyl sites for hydroxylation is 1. The van der Waals surface area contributed by atoms with Gasteiger partial charge < -0.3 is 10.4 Å². The van der Waals surface area contributed by atoms with Crippen LogP contribution in [0.2, 0.25) is 0 Å². The van der Waals surface area contributed by atoms with Crippen molar-refractivity contribution in [1.29, 1.82) is 0 Å². The summed E-state index contributed by atoms with van der Waals surface area (Å²) in [6.45, 7) is 8.50. The van der Waals surface area contributed by atoms with Gasteiger partial charge in [-0.1, -0.05) is 19.9 Å². The van der Waals surface area contributed by atoms with Gasteiger partial charge in [-0.25, -0.2) is 0 Å². The number of benzene rings is 1. The molecule has 0 fully saturated rings. The van der Waals surface area contributed by atoms with Gasteiger partial charge in [-0.05, 0) is 53.4 Å². The number of rotatable bonds is 4. The Bertz CT molecular complexity index is 361. The molecule has 1 aromatic rings. The van der Waals surface area contributed by atoms with Crippen molar-refractivity contribution in [1.82, 2.24) is 0 Å². The van der Waals surface area contributed by atoms with E-state index >= 15 is 0 Å². The minimum atomic E-state index is -0.691. The van der Waals surface area contributed by atoms with Crippen LogP contribution >= 0.6 is 15.9 Å². The van der Waals surface area contributed by atoms with Crippen LogP contribution in [0.1, 0.15) is 26.3 Å². The van der Waals surface area contributed by atoms with Gasteiger partial charge in [0.25, 0.3) is 0 Å². The molecule has 0 saturated carbocycles. The van der Waals surface area contributed by atoms with Gasteiger partial charge in [0.1, 0.15) is 0 Å². The van der Waals surface area contributed by atoms with Crippen LogP contribution in [-0.4, -0.2) is 17.3 Å². The average Bonchev–Trinajstić information content (AvgIpc) is 2.19. The van der Waals surface area contributed by atoms with E-state index in [0.717, 1.165) is 10.2 Å². The third-order valence-corrected chi connectivity index (χ3v) is 3.69. The Morgan fingerprint density at radius 1 is 1.44 bits per heavy atom. The summed E-state index contributed by atoms with van der Waals surface area (Å²) in [7, 11) is 0. The van der Waals surface area contributed by atoms with E-state index < -0.39 is 5.60 Å². The zero-order valence-corrected chi connectivity index (χ0v) is 11.9. The van der Waals surface area contributed by atoms with E-state index in [-0.39, 0.29) is 5.92 Å². The summed E-state index contributed by atoms with van der Waals surface area (Å²) in [4.78, 5) is 0. The molecule has 1 unspecified atom stereocenters. The van der Waals surface area contributed by atoms with Crippen molar-refractivity contribution in [2.24, 2.45) is 5.92 Å². The van der Waals surface area contributed by atoms with Crippen molar-refractivity contribution in [2.45, 2.75) is 33.3 Å². The molecule has 0 aromatic heterocycles. The second kappa shape index (κ2) is 5.19. The summed E-state index contributed by atoms with van der Waals surface area (Å²) in [5.41, 5.74) is 1.54. The number of nitrogens with one attached hydrogen (secondary N) is 1. The summed E-state index contributed by atoms with van der Waals surface area (Å²) in [5.74, 6) is 0.226. The SMILES string of the molecule is Cc1ccc(Br)c(NCC(C)(O)C(C)C)c1. The number of hydrogen-bond donors (Lipinski definition) is 2. The number of aliphatic hydroxyl groups is 1. The Hall–Kier alpha value is -0.540. The van der Waals surface area contributed by atoms with E-state index in [2.05, 4.69) is 40.3 Å². The number of anilines is 1. The van der Waals surface area contributed by atoms with E-state index in [4.69, 9.17) is 0 Å². The third kappa shape index (κ3) is 3.49. The van der Waals surface area contributed by atoms with Gasteiger partial charge in [-0.3, -0.25) is 0 Å². The lowest BCUT2D eigenvalue weighted by Gasteiger charge is -2.28. The Balaban J connectivity index is 2.71. The van der Waals surface area contributed by atoms with Crippen molar-refractivity contribution >= 4 is 21.6 Å². The molecule has 90 valence electrons. The van der Waals surface area contributed by atoms with Gasteiger partial charge in [-0.15, -0.1) is 0 Å². The van der Waals surface area contributed by atoms with E-state index in [1.54, 1.807) is 0 Å². The first-order chi connectivity index (χ1) is 7.33. The van der Waals surface area contributed by atoms with E-state index in [1.807, 2.05) is 26.8 Å². The molecule has 1 aromatic carbocycles. The molecule has 2 N–H and O–H groups in total. The first-order valence-corrected chi connectivity index (χ1v) is 6.34. The minimum Gasteiger partial charge on any atom is -0.388 e. The van der Waals surface area contributed by atoms with Gasteiger partial charge in [0.2, 0.25) is 0 Å². The molecule has 0 spiro atoms. The Kier molecular flexibility index (Phi) is 4.39. The van der Waals surface area contributed by atoms with Crippen LogP contribution in [0.15, 0.2) is 22.7 Å². The predicted molar refractivity (Wildman–Crippen MR) is 72.8 cm³/mol. The molecule has 0 bridgehead atoms. The van der Waals surface area contributed by atoms with Crippen molar-refractivity contribution < 1.29 is 5.11 Å². The third-order valence-electron chi connectivity index (χ3n) is 3.00. The van der Waals surface area contributed by atoms with Crippen molar-refractivity contribution in [3.63, 3.8) is 0 Å². The van der Waals surface area contributed by atoms with E-state index in [9.17, 15) is 5.11 Å². The molecule has 1 rings (SSSR count). The molecule has 0 radical (unpaired) electrons. The van der Waals surface area contributed by atoms with Crippen LogP contribution < -0.4 is 5.32 Å². The summed E-state index contributed by atoms with van der Waals surface area (Å²) in [6, 6.07) is 6.14. The normalized spacial score (nSPS) is 14.9. The fourth-order valence-electron chi connectivity index (χ4n) is 1.25. The standard InChI is InChI=1S/C13H20BrNO/c1-9(2)13(4,16)8-15-12-7-10(3)5-6-11(12)14/h5-7,9,15-16H,8H2,1-4H3. The fraction of sp³-hybridized carbons (Fsp3) is 0.538. The van der Waals surface area contributed by atoms with Crippen LogP contribution in [0.5, 0.6) is 0 Å². The maximum absolute atomic E-state index is 10.1. The molecule has 0 saturated heterocycles. The maximum Gasteiger partial charge on any atom is 0.0813 e. The molecule has 0 amide bonds. The summed E-state index contributed by atoms with van der Waals surface area (Å²) >= 11 is 3.49. The minimum absolute atomic E-state index is 0.226. The summed E-state index contributed by atoms with van der Waals surface area (Å²) in [6.07, 6.45) is 0. The summed E-state index contributed by atoms with van der Waals surface area (Å²) in [5, 5.41) is 13.4. The molecule has 0 heterocycles. The molecule has 0 aliphatic heterocycles. The van der Waals surface area contributed by atoms with Gasteiger partial charge >= 0.3 is 0 Å². The maximum atomic E-state index is 10.1. The Labute approximate surface area is 106 Å². The fourth-order valence-corrected chi connectivity index (χ4v) is 1.64. The zero-order chi connectivity index (χ0) is 12.3. The molecule has 0 aliphatic carbocycles. The molecule has 3 heteroatoms. The lowest BCUT2D eigenvalue weighted by atomic mass is 9.92. The first-order valence-electron chi connectivity index (χ1n) is 5.55. The van der Waals surface area contributed by atoms with Gasteiger partial charge in [-0.2, -0.15) is 0 Å². The lowest BCUT2D eigenvalue weighted by Crippen LogP contribution is -2.38. The lowest BCUT2D eigenvalue weighted by molar-refractivity contribution is 0.0266. The average molecular weight is 286 g/mol. The van der Waals surface area contributed by atoms with Gasteiger partial charge in [0.15, 0.2) is 0 Å². The predicted octanol–water partition coefficient (Wildman–Crippen LogP) is 3.58.